The van der Waals surface area contributed by atoms with E-state index in [-0.39, 0.29) is 23.2 Å². The van der Waals surface area contributed by atoms with Crippen molar-refractivity contribution in [3.8, 4) is 0 Å². The van der Waals surface area contributed by atoms with Crippen molar-refractivity contribution in [1.29, 1.82) is 0 Å². The largest absolute Gasteiger partial charge is 0.354 e. The summed E-state index contributed by atoms with van der Waals surface area (Å²) in [5, 5.41) is 3.28. The minimum absolute atomic E-state index is 0.0984. The fourth-order valence-corrected chi connectivity index (χ4v) is 4.83. The highest BCUT2D eigenvalue weighted by molar-refractivity contribution is 7.92. The van der Waals surface area contributed by atoms with E-state index < -0.39 is 28.5 Å². The van der Waals surface area contributed by atoms with Gasteiger partial charge in [0.1, 0.15) is 12.6 Å². The van der Waals surface area contributed by atoms with E-state index in [0.29, 0.717) is 11.6 Å². The molecule has 0 fully saturated rings. The Balaban J connectivity index is 2.38. The van der Waals surface area contributed by atoms with Crippen molar-refractivity contribution in [1.82, 2.24) is 10.2 Å². The Morgan fingerprint density at radius 3 is 2.41 bits per heavy atom. The zero-order chi connectivity index (χ0) is 25.5. The first-order valence-corrected chi connectivity index (χ1v) is 13.6. The SMILES string of the molecule is CCCCNC(=O)[C@H](C)N(Cc1cccc(C)c1)C(=O)CN(c1ccc(Cl)cc1Cl)S(C)(=O)=O. The minimum Gasteiger partial charge on any atom is -0.354 e. The molecule has 2 aromatic rings. The first kappa shape index (κ1) is 28.0. The molecule has 0 saturated carbocycles. The second-order valence-electron chi connectivity index (χ2n) is 8.20. The summed E-state index contributed by atoms with van der Waals surface area (Å²) in [5.41, 5.74) is 1.98. The number of rotatable bonds is 11. The molecule has 7 nitrogen and oxygen atoms in total. The van der Waals surface area contributed by atoms with Crippen LogP contribution in [0.15, 0.2) is 42.5 Å². The van der Waals surface area contributed by atoms with Crippen LogP contribution in [0.4, 0.5) is 5.69 Å². The number of nitrogens with zero attached hydrogens (tertiary/aromatic N) is 2. The van der Waals surface area contributed by atoms with Crippen LogP contribution in [-0.4, -0.2) is 50.5 Å². The molecule has 2 aromatic carbocycles. The van der Waals surface area contributed by atoms with Crippen molar-refractivity contribution < 1.29 is 18.0 Å². The standard InChI is InChI=1S/C24H31Cl2N3O4S/c1-5-6-12-27-24(31)18(3)28(15-19-9-7-8-17(2)13-19)23(30)16-29(34(4,32)33)22-11-10-20(25)14-21(22)26/h7-11,13-14,18H,5-6,12,15-16H2,1-4H3,(H,27,31)/t18-/m0/s1. The zero-order valence-corrected chi connectivity index (χ0v) is 22.2. The smallest absolute Gasteiger partial charge is 0.244 e. The topological polar surface area (TPSA) is 86.8 Å². The molecule has 0 bridgehead atoms. The summed E-state index contributed by atoms with van der Waals surface area (Å²) in [6.45, 7) is 5.72. The highest BCUT2D eigenvalue weighted by Gasteiger charge is 2.30. The van der Waals surface area contributed by atoms with Crippen LogP contribution in [0.2, 0.25) is 10.0 Å². The molecular formula is C24H31Cl2N3O4S. The van der Waals surface area contributed by atoms with Gasteiger partial charge in [0, 0.05) is 18.1 Å². The van der Waals surface area contributed by atoms with Gasteiger partial charge in [0.25, 0.3) is 0 Å². The summed E-state index contributed by atoms with van der Waals surface area (Å²) in [6, 6.07) is 11.1. The molecule has 0 aliphatic rings. The van der Waals surface area contributed by atoms with Gasteiger partial charge < -0.3 is 10.2 Å². The fraction of sp³-hybridized carbons (Fsp3) is 0.417. The molecule has 1 atom stereocenters. The lowest BCUT2D eigenvalue weighted by Gasteiger charge is -2.31. The Hall–Kier alpha value is -2.29. The van der Waals surface area contributed by atoms with E-state index in [1.54, 1.807) is 6.92 Å². The lowest BCUT2D eigenvalue weighted by atomic mass is 10.1. The van der Waals surface area contributed by atoms with Crippen LogP contribution in [-0.2, 0) is 26.2 Å². The van der Waals surface area contributed by atoms with Crippen LogP contribution in [0.1, 0.15) is 37.8 Å². The number of anilines is 1. The summed E-state index contributed by atoms with van der Waals surface area (Å²) in [4.78, 5) is 27.7. The summed E-state index contributed by atoms with van der Waals surface area (Å²) in [6.07, 6.45) is 2.74. The van der Waals surface area contributed by atoms with Crippen LogP contribution in [0.25, 0.3) is 0 Å². The molecule has 0 unspecified atom stereocenters. The molecule has 2 rings (SSSR count). The van der Waals surface area contributed by atoms with E-state index in [1.165, 1.54) is 23.1 Å². The number of aryl methyl sites for hydroxylation is 1. The highest BCUT2D eigenvalue weighted by atomic mass is 35.5. The Morgan fingerprint density at radius 1 is 1.12 bits per heavy atom. The first-order chi connectivity index (χ1) is 15.9. The Bertz CT molecular complexity index is 1120. The van der Waals surface area contributed by atoms with E-state index >= 15 is 0 Å². The number of nitrogens with one attached hydrogen (secondary N) is 1. The molecule has 0 aromatic heterocycles. The summed E-state index contributed by atoms with van der Waals surface area (Å²) >= 11 is 12.2. The molecule has 0 saturated heterocycles. The predicted octanol–water partition coefficient (Wildman–Crippen LogP) is 4.40. The second-order valence-corrected chi connectivity index (χ2v) is 10.9. The molecule has 0 heterocycles. The molecule has 0 radical (unpaired) electrons. The molecule has 1 N–H and O–H groups in total. The monoisotopic (exact) mass is 527 g/mol. The number of benzene rings is 2. The maximum Gasteiger partial charge on any atom is 0.244 e. The Labute approximate surface area is 212 Å². The number of hydrogen-bond acceptors (Lipinski definition) is 4. The van der Waals surface area contributed by atoms with Crippen molar-refractivity contribution in [3.05, 3.63) is 63.6 Å². The van der Waals surface area contributed by atoms with Crippen molar-refractivity contribution in [2.24, 2.45) is 0 Å². The molecule has 0 spiro atoms. The van der Waals surface area contributed by atoms with Crippen LogP contribution >= 0.6 is 23.2 Å². The van der Waals surface area contributed by atoms with Gasteiger partial charge in [-0.2, -0.15) is 0 Å². The van der Waals surface area contributed by atoms with Gasteiger partial charge in [-0.3, -0.25) is 13.9 Å². The number of carbonyl (C=O) groups excluding carboxylic acids is 2. The van der Waals surface area contributed by atoms with Gasteiger partial charge in [-0.25, -0.2) is 8.42 Å². The highest BCUT2D eigenvalue weighted by Crippen LogP contribution is 2.30. The molecule has 10 heteroatoms. The number of unbranched alkanes of at least 4 members (excludes halogenated alkanes) is 1. The van der Waals surface area contributed by atoms with Crippen molar-refractivity contribution in [3.63, 3.8) is 0 Å². The van der Waals surface area contributed by atoms with Crippen molar-refractivity contribution in [2.75, 3.05) is 23.7 Å². The lowest BCUT2D eigenvalue weighted by molar-refractivity contribution is -0.139. The Kier molecular flexibility index (Phi) is 10.2. The number of amides is 2. The molecular weight excluding hydrogens is 497 g/mol. The number of carbonyl (C=O) groups is 2. The lowest BCUT2D eigenvalue weighted by Crippen LogP contribution is -2.51. The molecule has 186 valence electrons. The van der Waals surface area contributed by atoms with Gasteiger partial charge >= 0.3 is 0 Å². The Morgan fingerprint density at radius 2 is 1.82 bits per heavy atom. The van der Waals surface area contributed by atoms with Crippen molar-refractivity contribution >= 4 is 50.7 Å². The van der Waals surface area contributed by atoms with Gasteiger partial charge in [-0.05, 0) is 44.0 Å². The number of hydrogen-bond donors (Lipinski definition) is 1. The second kappa shape index (κ2) is 12.4. The average Bonchev–Trinajstić information content (AvgIpc) is 2.75. The zero-order valence-electron chi connectivity index (χ0n) is 19.8. The summed E-state index contributed by atoms with van der Waals surface area (Å²) < 4.78 is 26.1. The van der Waals surface area contributed by atoms with E-state index in [0.717, 1.165) is 34.5 Å². The number of halogens is 2. The summed E-state index contributed by atoms with van der Waals surface area (Å²) in [5.74, 6) is -0.832. The van der Waals surface area contributed by atoms with E-state index in [4.69, 9.17) is 23.2 Å². The van der Waals surface area contributed by atoms with E-state index in [2.05, 4.69) is 5.32 Å². The van der Waals surface area contributed by atoms with Crippen LogP contribution in [0, 0.1) is 6.92 Å². The van der Waals surface area contributed by atoms with Crippen molar-refractivity contribution in [2.45, 2.75) is 46.2 Å². The summed E-state index contributed by atoms with van der Waals surface area (Å²) in [7, 11) is -3.87. The van der Waals surface area contributed by atoms with Gasteiger partial charge in [-0.15, -0.1) is 0 Å². The third kappa shape index (κ3) is 7.89. The van der Waals surface area contributed by atoms with Crippen LogP contribution in [0.5, 0.6) is 0 Å². The van der Waals surface area contributed by atoms with Crippen LogP contribution in [0.3, 0.4) is 0 Å². The quantitative estimate of drug-likeness (QED) is 0.438. The van der Waals surface area contributed by atoms with Gasteiger partial charge in [0.15, 0.2) is 0 Å². The maximum absolute atomic E-state index is 13.5. The average molecular weight is 529 g/mol. The molecule has 0 aliphatic heterocycles. The molecule has 34 heavy (non-hydrogen) atoms. The van der Waals surface area contributed by atoms with Gasteiger partial charge in [0.05, 0.1) is 17.0 Å². The maximum atomic E-state index is 13.5. The molecule has 2 amide bonds. The van der Waals surface area contributed by atoms with E-state index in [9.17, 15) is 18.0 Å². The van der Waals surface area contributed by atoms with Gasteiger partial charge in [-0.1, -0.05) is 66.4 Å². The van der Waals surface area contributed by atoms with E-state index in [1.807, 2.05) is 38.1 Å². The number of sulfonamides is 1. The third-order valence-corrected chi connectivity index (χ3v) is 6.95. The minimum atomic E-state index is -3.87. The third-order valence-electron chi connectivity index (χ3n) is 5.29. The normalized spacial score (nSPS) is 12.2. The predicted molar refractivity (Wildman–Crippen MR) is 138 cm³/mol. The van der Waals surface area contributed by atoms with Crippen LogP contribution < -0.4 is 9.62 Å². The molecule has 0 aliphatic carbocycles. The van der Waals surface area contributed by atoms with Gasteiger partial charge in [0.2, 0.25) is 21.8 Å². The fourth-order valence-electron chi connectivity index (χ4n) is 3.40. The first-order valence-electron chi connectivity index (χ1n) is 11.0.